The van der Waals surface area contributed by atoms with Crippen LogP contribution < -0.4 is 5.32 Å². The molecule has 5 heteroatoms. The molecule has 1 spiro atoms. The summed E-state index contributed by atoms with van der Waals surface area (Å²) in [4.78, 5) is 10.4. The van der Waals surface area contributed by atoms with Gasteiger partial charge in [-0.25, -0.2) is 4.98 Å². The Bertz CT molecular complexity index is 447. The van der Waals surface area contributed by atoms with E-state index in [1.54, 1.807) is 11.3 Å². The Morgan fingerprint density at radius 2 is 2.28 bits per heavy atom. The van der Waals surface area contributed by atoms with Crippen molar-refractivity contribution >= 4 is 28.3 Å². The maximum atomic E-state index is 4.68. The minimum absolute atomic E-state index is 0.376. The number of amidine groups is 1. The highest BCUT2D eigenvalue weighted by molar-refractivity contribution is 8.14. The van der Waals surface area contributed by atoms with E-state index >= 15 is 0 Å². The van der Waals surface area contributed by atoms with Gasteiger partial charge in [0.25, 0.3) is 0 Å². The molecule has 18 heavy (non-hydrogen) atoms. The lowest BCUT2D eigenvalue weighted by molar-refractivity contribution is 0.452. The fourth-order valence-corrected chi connectivity index (χ4v) is 4.64. The van der Waals surface area contributed by atoms with Crippen molar-refractivity contribution in [3.05, 3.63) is 16.1 Å². The lowest BCUT2D eigenvalue weighted by atomic mass is 10.0. The number of nitrogens with zero attached hydrogens (tertiary/aromatic N) is 2. The molecule has 2 fully saturated rings. The van der Waals surface area contributed by atoms with Gasteiger partial charge in [-0.3, -0.25) is 4.99 Å². The van der Waals surface area contributed by atoms with E-state index in [1.807, 2.05) is 18.0 Å². The van der Waals surface area contributed by atoms with Gasteiger partial charge in [-0.2, -0.15) is 0 Å². The second-order valence-corrected chi connectivity index (χ2v) is 7.26. The Labute approximate surface area is 116 Å². The Kier molecular flexibility index (Phi) is 3.61. The van der Waals surface area contributed by atoms with Crippen LogP contribution in [0, 0.1) is 0 Å². The van der Waals surface area contributed by atoms with E-state index in [2.05, 4.69) is 22.2 Å². The van der Waals surface area contributed by atoms with Gasteiger partial charge in [0, 0.05) is 22.4 Å². The molecule has 1 aliphatic heterocycles. The zero-order chi connectivity index (χ0) is 12.4. The van der Waals surface area contributed by atoms with E-state index in [4.69, 9.17) is 0 Å². The van der Waals surface area contributed by atoms with Crippen LogP contribution >= 0.6 is 23.1 Å². The molecule has 3 nitrogen and oxygen atoms in total. The zero-order valence-corrected chi connectivity index (χ0v) is 12.4. The molecule has 98 valence electrons. The van der Waals surface area contributed by atoms with Crippen LogP contribution in [0.15, 0.2) is 11.2 Å². The molecule has 2 heterocycles. The van der Waals surface area contributed by atoms with Crippen LogP contribution in [0.3, 0.4) is 0 Å². The van der Waals surface area contributed by atoms with Gasteiger partial charge in [-0.15, -0.1) is 11.3 Å². The molecular formula is C13H19N3S2. The van der Waals surface area contributed by atoms with Crippen LogP contribution in [0.5, 0.6) is 0 Å². The molecule has 3 rings (SSSR count). The number of aliphatic imine (C=N–C) groups is 1. The molecule has 0 radical (unpaired) electrons. The number of nitrogens with one attached hydrogen (secondary N) is 1. The van der Waals surface area contributed by atoms with E-state index in [0.717, 1.165) is 23.1 Å². The SMILES string of the molecule is CCc1cnc(CN=C2NC3(CCCC3)CS2)s1. The first-order valence-corrected chi connectivity index (χ1v) is 8.49. The zero-order valence-electron chi connectivity index (χ0n) is 10.7. The summed E-state index contributed by atoms with van der Waals surface area (Å²) in [6.07, 6.45) is 8.42. The predicted molar refractivity (Wildman–Crippen MR) is 79.4 cm³/mol. The van der Waals surface area contributed by atoms with Crippen LogP contribution in [-0.4, -0.2) is 21.4 Å². The van der Waals surface area contributed by atoms with Crippen molar-refractivity contribution < 1.29 is 0 Å². The van der Waals surface area contributed by atoms with Crippen LogP contribution in [0.4, 0.5) is 0 Å². The van der Waals surface area contributed by atoms with Crippen molar-refractivity contribution in [3.63, 3.8) is 0 Å². The third kappa shape index (κ3) is 2.57. The summed E-state index contributed by atoms with van der Waals surface area (Å²) in [7, 11) is 0. The number of hydrogen-bond acceptors (Lipinski definition) is 4. The Morgan fingerprint density at radius 3 is 3.00 bits per heavy atom. The van der Waals surface area contributed by atoms with Gasteiger partial charge in [-0.05, 0) is 19.3 Å². The molecule has 0 unspecified atom stereocenters. The fourth-order valence-electron chi connectivity index (χ4n) is 2.64. The summed E-state index contributed by atoms with van der Waals surface area (Å²) in [5.74, 6) is 1.20. The summed E-state index contributed by atoms with van der Waals surface area (Å²) < 4.78 is 0. The predicted octanol–water partition coefficient (Wildman–Crippen LogP) is 3.21. The van der Waals surface area contributed by atoms with E-state index in [1.165, 1.54) is 36.3 Å². The topological polar surface area (TPSA) is 37.3 Å². The van der Waals surface area contributed by atoms with Crippen molar-refractivity contribution in [2.75, 3.05) is 5.75 Å². The van der Waals surface area contributed by atoms with E-state index in [-0.39, 0.29) is 0 Å². The van der Waals surface area contributed by atoms with Gasteiger partial charge in [0.15, 0.2) is 5.17 Å². The van der Waals surface area contributed by atoms with Gasteiger partial charge in [-0.1, -0.05) is 31.5 Å². The standard InChI is InChI=1S/C13H19N3S2/c1-2-10-7-14-11(18-10)8-15-12-16-13(9-17-12)5-3-4-6-13/h7H,2-6,8-9H2,1H3,(H,15,16). The molecular weight excluding hydrogens is 262 g/mol. The van der Waals surface area contributed by atoms with Crippen molar-refractivity contribution in [1.29, 1.82) is 0 Å². The highest BCUT2D eigenvalue weighted by Crippen LogP contribution is 2.37. The molecule has 1 aromatic heterocycles. The lowest BCUT2D eigenvalue weighted by Crippen LogP contribution is -2.40. The maximum Gasteiger partial charge on any atom is 0.157 e. The number of rotatable bonds is 3. The average molecular weight is 281 g/mol. The van der Waals surface area contributed by atoms with Crippen LogP contribution in [0.2, 0.25) is 0 Å². The second-order valence-electron chi connectivity index (χ2n) is 5.10. The van der Waals surface area contributed by atoms with Gasteiger partial charge in [0.1, 0.15) is 5.01 Å². The monoisotopic (exact) mass is 281 g/mol. The van der Waals surface area contributed by atoms with Crippen molar-refractivity contribution in [2.45, 2.75) is 51.1 Å². The summed E-state index contributed by atoms with van der Waals surface area (Å²) in [6, 6.07) is 0. The smallest absolute Gasteiger partial charge is 0.157 e. The molecule has 0 atom stereocenters. The first kappa shape index (κ1) is 12.5. The lowest BCUT2D eigenvalue weighted by Gasteiger charge is -2.21. The molecule has 1 saturated carbocycles. The molecule has 1 saturated heterocycles. The summed E-state index contributed by atoms with van der Waals surface area (Å²) in [6.45, 7) is 2.90. The quantitative estimate of drug-likeness (QED) is 0.924. The van der Waals surface area contributed by atoms with Gasteiger partial charge in [0.2, 0.25) is 0 Å². The first-order chi connectivity index (χ1) is 8.80. The summed E-state index contributed by atoms with van der Waals surface area (Å²) in [5.41, 5.74) is 0.376. The second kappa shape index (κ2) is 5.21. The Morgan fingerprint density at radius 1 is 1.44 bits per heavy atom. The Hall–Kier alpha value is -0.550. The minimum atomic E-state index is 0.376. The van der Waals surface area contributed by atoms with E-state index in [0.29, 0.717) is 5.54 Å². The van der Waals surface area contributed by atoms with Crippen LogP contribution in [0.25, 0.3) is 0 Å². The summed E-state index contributed by atoms with van der Waals surface area (Å²) in [5, 5.41) is 5.91. The highest BCUT2D eigenvalue weighted by Gasteiger charge is 2.39. The Balaban J connectivity index is 1.60. The van der Waals surface area contributed by atoms with Gasteiger partial charge in [0.05, 0.1) is 6.54 Å². The largest absolute Gasteiger partial charge is 0.359 e. The molecule has 0 amide bonds. The number of aryl methyl sites for hydroxylation is 1. The van der Waals surface area contributed by atoms with E-state index in [9.17, 15) is 0 Å². The molecule has 1 aromatic rings. The van der Waals surface area contributed by atoms with Crippen molar-refractivity contribution in [2.24, 2.45) is 4.99 Å². The maximum absolute atomic E-state index is 4.68. The number of aromatic nitrogens is 1. The number of thiazole rings is 1. The molecule has 2 aliphatic rings. The van der Waals surface area contributed by atoms with Gasteiger partial charge < -0.3 is 5.32 Å². The number of thioether (sulfide) groups is 1. The first-order valence-electron chi connectivity index (χ1n) is 6.69. The van der Waals surface area contributed by atoms with Crippen molar-refractivity contribution in [3.8, 4) is 0 Å². The molecule has 1 N–H and O–H groups in total. The molecule has 1 aliphatic carbocycles. The van der Waals surface area contributed by atoms with Crippen LogP contribution in [0.1, 0.15) is 42.5 Å². The third-order valence-electron chi connectivity index (χ3n) is 3.73. The van der Waals surface area contributed by atoms with E-state index < -0.39 is 0 Å². The third-order valence-corrected chi connectivity index (χ3v) is 6.05. The van der Waals surface area contributed by atoms with Gasteiger partial charge >= 0.3 is 0 Å². The highest BCUT2D eigenvalue weighted by atomic mass is 32.2. The minimum Gasteiger partial charge on any atom is -0.359 e. The molecule has 0 aromatic carbocycles. The normalized spacial score (nSPS) is 23.9. The molecule has 0 bridgehead atoms. The van der Waals surface area contributed by atoms with Crippen molar-refractivity contribution in [1.82, 2.24) is 10.3 Å². The van der Waals surface area contributed by atoms with Crippen LogP contribution in [-0.2, 0) is 13.0 Å². The average Bonchev–Trinajstić information content (AvgIpc) is 3.10. The summed E-state index contributed by atoms with van der Waals surface area (Å²) >= 11 is 3.67. The number of hydrogen-bond donors (Lipinski definition) is 1. The fraction of sp³-hybridized carbons (Fsp3) is 0.692.